The normalized spacial score (nSPS) is 12.9. The van der Waals surface area contributed by atoms with E-state index in [2.05, 4.69) is 18.0 Å². The molecular weight excluding hydrogens is 296 g/mol. The van der Waals surface area contributed by atoms with Gasteiger partial charge in [0.15, 0.2) is 4.77 Å². The molecule has 0 radical (unpaired) electrons. The molecule has 0 spiro atoms. The van der Waals surface area contributed by atoms with Crippen molar-refractivity contribution in [1.29, 1.82) is 0 Å². The molecular formula is C13H12N2OS3. The number of aromatic nitrogens is 2. The Morgan fingerprint density at radius 3 is 2.89 bits per heavy atom. The number of hydrogen-bond donors (Lipinski definition) is 1. The Kier molecular flexibility index (Phi) is 3.38. The number of H-pyrrole nitrogens is 1. The summed E-state index contributed by atoms with van der Waals surface area (Å²) in [5, 5.41) is 4.65. The maximum atomic E-state index is 12.6. The quantitative estimate of drug-likeness (QED) is 0.737. The van der Waals surface area contributed by atoms with Gasteiger partial charge in [0.1, 0.15) is 4.83 Å². The molecule has 3 heterocycles. The summed E-state index contributed by atoms with van der Waals surface area (Å²) in [6.45, 7) is 2.07. The lowest BCUT2D eigenvalue weighted by Crippen LogP contribution is -2.26. The highest BCUT2D eigenvalue weighted by Crippen LogP contribution is 2.26. The van der Waals surface area contributed by atoms with Crippen molar-refractivity contribution >= 4 is 45.1 Å². The third-order valence-electron chi connectivity index (χ3n) is 3.12. The summed E-state index contributed by atoms with van der Waals surface area (Å²) in [5.41, 5.74) is 0.000231. The first-order valence-corrected chi connectivity index (χ1v) is 8.14. The number of rotatable bonds is 3. The zero-order chi connectivity index (χ0) is 13.4. The first kappa shape index (κ1) is 12.8. The van der Waals surface area contributed by atoms with E-state index >= 15 is 0 Å². The molecule has 1 unspecified atom stereocenters. The highest BCUT2D eigenvalue weighted by molar-refractivity contribution is 7.71. The number of aromatic amines is 1. The molecule has 3 aromatic heterocycles. The van der Waals surface area contributed by atoms with Gasteiger partial charge < -0.3 is 4.98 Å². The van der Waals surface area contributed by atoms with Crippen LogP contribution in [-0.4, -0.2) is 9.55 Å². The minimum atomic E-state index is 0.000231. The predicted octanol–water partition coefficient (Wildman–Crippen LogP) is 4.18. The molecule has 0 fully saturated rings. The van der Waals surface area contributed by atoms with E-state index in [1.54, 1.807) is 15.9 Å². The lowest BCUT2D eigenvalue weighted by molar-refractivity contribution is 0.546. The number of hydrogen-bond acceptors (Lipinski definition) is 4. The summed E-state index contributed by atoms with van der Waals surface area (Å²) >= 11 is 8.53. The van der Waals surface area contributed by atoms with Crippen LogP contribution in [0.1, 0.15) is 24.3 Å². The van der Waals surface area contributed by atoms with Gasteiger partial charge in [-0.25, -0.2) is 0 Å². The molecule has 0 aliphatic heterocycles. The second-order valence-electron chi connectivity index (χ2n) is 4.21. The van der Waals surface area contributed by atoms with Crippen molar-refractivity contribution in [3.63, 3.8) is 0 Å². The monoisotopic (exact) mass is 308 g/mol. The SMILES string of the molecule is CCC(c1cccs1)n1c(=S)[nH]c2sccc2c1=O. The largest absolute Gasteiger partial charge is 0.323 e. The maximum Gasteiger partial charge on any atom is 0.263 e. The average molecular weight is 308 g/mol. The van der Waals surface area contributed by atoms with E-state index in [4.69, 9.17) is 12.2 Å². The van der Waals surface area contributed by atoms with Crippen molar-refractivity contribution in [2.75, 3.05) is 0 Å². The number of nitrogens with one attached hydrogen (secondary N) is 1. The van der Waals surface area contributed by atoms with Gasteiger partial charge in [-0.3, -0.25) is 9.36 Å². The van der Waals surface area contributed by atoms with Crippen molar-refractivity contribution in [2.24, 2.45) is 0 Å². The molecule has 3 rings (SSSR count). The summed E-state index contributed by atoms with van der Waals surface area (Å²) in [6.07, 6.45) is 0.841. The van der Waals surface area contributed by atoms with Crippen molar-refractivity contribution in [3.8, 4) is 0 Å². The average Bonchev–Trinajstić information content (AvgIpc) is 3.04. The minimum absolute atomic E-state index is 0.000231. The molecule has 19 heavy (non-hydrogen) atoms. The third kappa shape index (κ3) is 2.09. The smallest absolute Gasteiger partial charge is 0.263 e. The van der Waals surface area contributed by atoms with Gasteiger partial charge in [0.25, 0.3) is 5.56 Å². The molecule has 0 aliphatic rings. The Labute approximate surface area is 123 Å². The fourth-order valence-electron chi connectivity index (χ4n) is 2.23. The molecule has 0 aliphatic carbocycles. The highest BCUT2D eigenvalue weighted by Gasteiger charge is 2.17. The van der Waals surface area contributed by atoms with E-state index in [-0.39, 0.29) is 11.6 Å². The van der Waals surface area contributed by atoms with Crippen molar-refractivity contribution in [2.45, 2.75) is 19.4 Å². The van der Waals surface area contributed by atoms with Crippen molar-refractivity contribution in [1.82, 2.24) is 9.55 Å². The van der Waals surface area contributed by atoms with Crippen LogP contribution in [0.3, 0.4) is 0 Å². The molecule has 0 aromatic carbocycles. The topological polar surface area (TPSA) is 37.8 Å². The van der Waals surface area contributed by atoms with Crippen LogP contribution in [-0.2, 0) is 0 Å². The first-order chi connectivity index (χ1) is 9.22. The van der Waals surface area contributed by atoms with Gasteiger partial charge in [-0.05, 0) is 41.5 Å². The fourth-order valence-corrected chi connectivity index (χ4v) is 4.28. The lowest BCUT2D eigenvalue weighted by atomic mass is 10.2. The molecule has 0 saturated carbocycles. The number of fused-ring (bicyclic) bond motifs is 1. The van der Waals surface area contributed by atoms with Crippen molar-refractivity contribution in [3.05, 3.63) is 49.0 Å². The van der Waals surface area contributed by atoms with Crippen LogP contribution in [0.5, 0.6) is 0 Å². The Morgan fingerprint density at radius 1 is 1.37 bits per heavy atom. The standard InChI is InChI=1S/C13H12N2OS3/c1-2-9(10-4-3-6-18-10)15-12(16)8-5-7-19-11(8)14-13(15)17/h3-7,9H,2H2,1H3,(H,14,17). The van der Waals surface area contributed by atoms with Gasteiger partial charge in [0.05, 0.1) is 11.4 Å². The molecule has 1 atom stereocenters. The molecule has 98 valence electrons. The Balaban J connectivity index is 2.29. The van der Waals surface area contributed by atoms with Crippen LogP contribution in [0.4, 0.5) is 0 Å². The van der Waals surface area contributed by atoms with E-state index in [1.165, 1.54) is 16.2 Å². The number of thiophene rings is 2. The minimum Gasteiger partial charge on any atom is -0.323 e. The molecule has 0 amide bonds. The molecule has 1 N–H and O–H groups in total. The maximum absolute atomic E-state index is 12.6. The van der Waals surface area contributed by atoms with Gasteiger partial charge in [-0.1, -0.05) is 13.0 Å². The molecule has 6 heteroatoms. The van der Waals surface area contributed by atoms with E-state index in [9.17, 15) is 4.79 Å². The molecule has 0 bridgehead atoms. The fraction of sp³-hybridized carbons (Fsp3) is 0.231. The number of nitrogens with zero attached hydrogens (tertiary/aromatic N) is 1. The van der Waals surface area contributed by atoms with Gasteiger partial charge in [0.2, 0.25) is 0 Å². The summed E-state index contributed by atoms with van der Waals surface area (Å²) < 4.78 is 2.20. The van der Waals surface area contributed by atoms with Crippen molar-refractivity contribution < 1.29 is 0 Å². The molecule has 3 nitrogen and oxygen atoms in total. The zero-order valence-electron chi connectivity index (χ0n) is 10.3. The summed E-state index contributed by atoms with van der Waals surface area (Å²) in [4.78, 5) is 17.8. The predicted molar refractivity (Wildman–Crippen MR) is 84.0 cm³/mol. The van der Waals surface area contributed by atoms with Gasteiger partial charge in [-0.2, -0.15) is 0 Å². The lowest BCUT2D eigenvalue weighted by Gasteiger charge is -2.16. The Morgan fingerprint density at radius 2 is 2.21 bits per heavy atom. The van der Waals surface area contributed by atoms with Crippen LogP contribution in [0.25, 0.3) is 10.2 Å². The van der Waals surface area contributed by atoms with Crippen LogP contribution >= 0.6 is 34.9 Å². The van der Waals surface area contributed by atoms with E-state index in [0.29, 0.717) is 10.2 Å². The van der Waals surface area contributed by atoms with Gasteiger partial charge in [-0.15, -0.1) is 22.7 Å². The first-order valence-electron chi connectivity index (χ1n) is 5.97. The van der Waals surface area contributed by atoms with Crippen LogP contribution in [0.15, 0.2) is 33.8 Å². The third-order valence-corrected chi connectivity index (χ3v) is 5.23. The molecule has 0 saturated heterocycles. The van der Waals surface area contributed by atoms with Crippen LogP contribution in [0.2, 0.25) is 0 Å². The second-order valence-corrected chi connectivity index (χ2v) is 6.49. The zero-order valence-corrected chi connectivity index (χ0v) is 12.7. The second kappa shape index (κ2) is 5.03. The van der Waals surface area contributed by atoms with Gasteiger partial charge in [0, 0.05) is 4.88 Å². The van der Waals surface area contributed by atoms with E-state index in [1.807, 2.05) is 22.9 Å². The highest BCUT2D eigenvalue weighted by atomic mass is 32.1. The van der Waals surface area contributed by atoms with E-state index in [0.717, 1.165) is 11.3 Å². The van der Waals surface area contributed by atoms with Crippen LogP contribution in [0, 0.1) is 4.77 Å². The Bertz CT molecular complexity index is 810. The summed E-state index contributed by atoms with van der Waals surface area (Å²) in [5.74, 6) is 0. The van der Waals surface area contributed by atoms with Gasteiger partial charge >= 0.3 is 0 Å². The summed E-state index contributed by atoms with van der Waals surface area (Å²) in [7, 11) is 0. The summed E-state index contributed by atoms with van der Waals surface area (Å²) in [6, 6.07) is 5.92. The Hall–Kier alpha value is -1.24. The van der Waals surface area contributed by atoms with Crippen LogP contribution < -0.4 is 5.56 Å². The molecule has 3 aromatic rings. The van der Waals surface area contributed by atoms with E-state index < -0.39 is 0 Å².